The normalized spacial score (nSPS) is 11.0. The molecule has 27 heavy (non-hydrogen) atoms. The Morgan fingerprint density at radius 3 is 2.78 bits per heavy atom. The maximum absolute atomic E-state index is 5.55. The number of halogens is 1. The summed E-state index contributed by atoms with van der Waals surface area (Å²) in [6.45, 7) is 5.35. The Labute approximate surface area is 178 Å². The molecule has 0 aromatic carbocycles. The van der Waals surface area contributed by atoms with Gasteiger partial charge in [0.05, 0.1) is 12.9 Å². The Hall–Kier alpha value is -1.81. The predicted octanol–water partition coefficient (Wildman–Crippen LogP) is 3.35. The first kappa shape index (κ1) is 23.2. The number of hydrogen-bond donors (Lipinski definition) is 2. The van der Waals surface area contributed by atoms with Crippen LogP contribution in [0.15, 0.2) is 46.1 Å². The van der Waals surface area contributed by atoms with Gasteiger partial charge in [0, 0.05) is 39.0 Å². The van der Waals surface area contributed by atoms with E-state index in [9.17, 15) is 0 Å². The van der Waals surface area contributed by atoms with E-state index in [0.717, 1.165) is 36.7 Å². The molecule has 8 heteroatoms. The Morgan fingerprint density at radius 1 is 1.22 bits per heavy atom. The molecule has 0 unspecified atom stereocenters. The summed E-state index contributed by atoms with van der Waals surface area (Å²) >= 11 is 0. The van der Waals surface area contributed by atoms with Gasteiger partial charge in [-0.2, -0.15) is 0 Å². The van der Waals surface area contributed by atoms with Crippen molar-refractivity contribution in [3.63, 3.8) is 0 Å². The Balaban J connectivity index is 0.00000364. The molecular weight excluding hydrogens is 459 g/mol. The third-order valence-corrected chi connectivity index (χ3v) is 3.52. The zero-order valence-corrected chi connectivity index (χ0v) is 18.3. The van der Waals surface area contributed by atoms with Crippen LogP contribution < -0.4 is 15.4 Å². The van der Waals surface area contributed by atoms with Crippen LogP contribution in [-0.2, 0) is 17.9 Å². The highest BCUT2D eigenvalue weighted by Gasteiger charge is 2.01. The van der Waals surface area contributed by atoms with Gasteiger partial charge in [-0.05, 0) is 30.5 Å². The van der Waals surface area contributed by atoms with Crippen LogP contribution in [0.2, 0.25) is 0 Å². The lowest BCUT2D eigenvalue weighted by Crippen LogP contribution is -2.37. The molecular formula is C19H29IN4O3. The maximum atomic E-state index is 5.55. The zero-order chi connectivity index (χ0) is 18.5. The number of hydrogen-bond acceptors (Lipinski definition) is 5. The summed E-state index contributed by atoms with van der Waals surface area (Å²) in [7, 11) is 1.75. The minimum atomic E-state index is 0. The number of nitrogens with one attached hydrogen (secondary N) is 2. The molecule has 150 valence electrons. The number of pyridine rings is 1. The molecule has 0 saturated heterocycles. The molecule has 0 aliphatic rings. The summed E-state index contributed by atoms with van der Waals surface area (Å²) in [5, 5.41) is 6.53. The Morgan fingerprint density at radius 2 is 2.11 bits per heavy atom. The fraction of sp³-hybridized carbons (Fsp3) is 0.474. The first-order chi connectivity index (χ1) is 12.8. The van der Waals surface area contributed by atoms with Crippen molar-refractivity contribution in [3.05, 3.63) is 48.0 Å². The SMILES string of the molecule is CCCOc1ccc(CNC(=NC)NCCCOCc2ccco2)cn1.I. The van der Waals surface area contributed by atoms with Gasteiger partial charge in [-0.1, -0.05) is 13.0 Å². The van der Waals surface area contributed by atoms with Gasteiger partial charge in [-0.3, -0.25) is 4.99 Å². The lowest BCUT2D eigenvalue weighted by molar-refractivity contribution is 0.105. The van der Waals surface area contributed by atoms with Crippen LogP contribution in [-0.4, -0.2) is 37.7 Å². The van der Waals surface area contributed by atoms with Gasteiger partial charge < -0.3 is 24.5 Å². The molecule has 2 rings (SSSR count). The smallest absolute Gasteiger partial charge is 0.213 e. The van der Waals surface area contributed by atoms with Crippen molar-refractivity contribution >= 4 is 29.9 Å². The van der Waals surface area contributed by atoms with E-state index >= 15 is 0 Å². The highest BCUT2D eigenvalue weighted by molar-refractivity contribution is 14.0. The van der Waals surface area contributed by atoms with Gasteiger partial charge in [0.15, 0.2) is 5.96 Å². The molecule has 0 amide bonds. The van der Waals surface area contributed by atoms with E-state index in [0.29, 0.717) is 32.2 Å². The fourth-order valence-electron chi connectivity index (χ4n) is 2.16. The second kappa shape index (κ2) is 14.3. The molecule has 2 N–H and O–H groups in total. The standard InChI is InChI=1S/C19H28N4O3.HI/c1-3-10-26-18-8-7-16(13-22-18)14-23-19(20-2)21-9-5-11-24-15-17-6-4-12-25-17;/h4,6-8,12-13H,3,5,9-11,14-15H2,1-2H3,(H2,20,21,23);1H. The van der Waals surface area contributed by atoms with E-state index in [4.69, 9.17) is 13.9 Å². The lowest BCUT2D eigenvalue weighted by Gasteiger charge is -2.12. The van der Waals surface area contributed by atoms with Gasteiger partial charge in [-0.15, -0.1) is 24.0 Å². The molecule has 0 aliphatic heterocycles. The van der Waals surface area contributed by atoms with Crippen LogP contribution in [0.5, 0.6) is 5.88 Å². The lowest BCUT2D eigenvalue weighted by atomic mass is 10.3. The molecule has 0 radical (unpaired) electrons. The molecule has 2 aromatic rings. The van der Waals surface area contributed by atoms with Crippen LogP contribution in [0.3, 0.4) is 0 Å². The van der Waals surface area contributed by atoms with Gasteiger partial charge in [0.2, 0.25) is 5.88 Å². The van der Waals surface area contributed by atoms with Gasteiger partial charge >= 0.3 is 0 Å². The molecule has 2 aromatic heterocycles. The molecule has 0 atom stereocenters. The second-order valence-electron chi connectivity index (χ2n) is 5.69. The van der Waals surface area contributed by atoms with E-state index in [2.05, 4.69) is 27.5 Å². The number of furan rings is 1. The number of rotatable bonds is 11. The third kappa shape index (κ3) is 9.62. The number of aromatic nitrogens is 1. The number of guanidine groups is 1. The molecule has 2 heterocycles. The van der Waals surface area contributed by atoms with Crippen molar-refractivity contribution < 1.29 is 13.9 Å². The third-order valence-electron chi connectivity index (χ3n) is 3.52. The van der Waals surface area contributed by atoms with Gasteiger partial charge in [0.1, 0.15) is 12.4 Å². The van der Waals surface area contributed by atoms with E-state index in [1.54, 1.807) is 13.3 Å². The Bertz CT molecular complexity index is 633. The van der Waals surface area contributed by atoms with E-state index in [1.165, 1.54) is 0 Å². The summed E-state index contributed by atoms with van der Waals surface area (Å²) in [5.74, 6) is 2.25. The topological polar surface area (TPSA) is 80.9 Å². The fourth-order valence-corrected chi connectivity index (χ4v) is 2.16. The van der Waals surface area contributed by atoms with Crippen LogP contribution in [0, 0.1) is 0 Å². The van der Waals surface area contributed by atoms with Gasteiger partial charge in [-0.25, -0.2) is 4.98 Å². The number of nitrogens with zero attached hydrogens (tertiary/aromatic N) is 2. The van der Waals surface area contributed by atoms with Crippen molar-refractivity contribution in [1.82, 2.24) is 15.6 Å². The molecule has 0 bridgehead atoms. The summed E-state index contributed by atoms with van der Waals surface area (Å²) in [6, 6.07) is 7.65. The van der Waals surface area contributed by atoms with Crippen molar-refractivity contribution in [3.8, 4) is 5.88 Å². The molecule has 7 nitrogen and oxygen atoms in total. The average Bonchev–Trinajstić information content (AvgIpc) is 3.19. The van der Waals surface area contributed by atoms with Crippen LogP contribution in [0.25, 0.3) is 0 Å². The van der Waals surface area contributed by atoms with Crippen molar-refractivity contribution in [1.29, 1.82) is 0 Å². The number of ether oxygens (including phenoxy) is 2. The van der Waals surface area contributed by atoms with E-state index in [-0.39, 0.29) is 24.0 Å². The highest BCUT2D eigenvalue weighted by atomic mass is 127. The zero-order valence-electron chi connectivity index (χ0n) is 15.9. The minimum Gasteiger partial charge on any atom is -0.478 e. The van der Waals surface area contributed by atoms with E-state index in [1.807, 2.05) is 30.5 Å². The Kier molecular flexibility index (Phi) is 12.3. The molecule has 0 fully saturated rings. The molecule has 0 aliphatic carbocycles. The van der Waals surface area contributed by atoms with Crippen molar-refractivity contribution in [2.24, 2.45) is 4.99 Å². The van der Waals surface area contributed by atoms with Crippen LogP contribution >= 0.6 is 24.0 Å². The van der Waals surface area contributed by atoms with Crippen molar-refractivity contribution in [2.75, 3.05) is 26.8 Å². The highest BCUT2D eigenvalue weighted by Crippen LogP contribution is 2.07. The van der Waals surface area contributed by atoms with E-state index < -0.39 is 0 Å². The second-order valence-corrected chi connectivity index (χ2v) is 5.69. The maximum Gasteiger partial charge on any atom is 0.213 e. The molecule has 0 saturated carbocycles. The summed E-state index contributed by atoms with van der Waals surface area (Å²) in [5.41, 5.74) is 1.07. The first-order valence-corrected chi connectivity index (χ1v) is 8.94. The summed E-state index contributed by atoms with van der Waals surface area (Å²) in [6.07, 6.45) is 5.32. The first-order valence-electron chi connectivity index (χ1n) is 8.94. The number of aliphatic imine (C=N–C) groups is 1. The monoisotopic (exact) mass is 488 g/mol. The van der Waals surface area contributed by atoms with Gasteiger partial charge in [0.25, 0.3) is 0 Å². The van der Waals surface area contributed by atoms with Crippen LogP contribution in [0.1, 0.15) is 31.1 Å². The predicted molar refractivity (Wildman–Crippen MR) is 117 cm³/mol. The summed E-state index contributed by atoms with van der Waals surface area (Å²) in [4.78, 5) is 8.50. The summed E-state index contributed by atoms with van der Waals surface area (Å²) < 4.78 is 16.2. The quantitative estimate of drug-likeness (QED) is 0.219. The average molecular weight is 488 g/mol. The van der Waals surface area contributed by atoms with Crippen LogP contribution in [0.4, 0.5) is 0 Å². The molecule has 0 spiro atoms. The van der Waals surface area contributed by atoms with Crippen molar-refractivity contribution in [2.45, 2.75) is 32.9 Å². The largest absolute Gasteiger partial charge is 0.478 e. The minimum absolute atomic E-state index is 0.